The Kier molecular flexibility index (Phi) is 3.05. The van der Waals surface area contributed by atoms with E-state index in [1.807, 2.05) is 0 Å². The first-order chi connectivity index (χ1) is 7.65. The molecule has 0 unspecified atom stereocenters. The number of rotatable bonds is 2. The van der Waals surface area contributed by atoms with E-state index in [4.69, 9.17) is 5.73 Å². The fourth-order valence-electron chi connectivity index (χ4n) is 1.23. The maximum absolute atomic E-state index is 12.9. The molecule has 2 aromatic rings. The fourth-order valence-corrected chi connectivity index (χ4v) is 1.68. The number of nitrogens with zero attached hydrogens (tertiary/aromatic N) is 1. The second-order valence-corrected chi connectivity index (χ2v) is 4.08. The Morgan fingerprint density at radius 3 is 2.69 bits per heavy atom. The minimum atomic E-state index is -0.284. The zero-order valence-corrected chi connectivity index (χ0v) is 9.83. The van der Waals surface area contributed by atoms with E-state index >= 15 is 0 Å². The largest absolute Gasteiger partial charge is 0.384 e. The molecule has 0 spiro atoms. The van der Waals surface area contributed by atoms with Gasteiger partial charge in [0.25, 0.3) is 0 Å². The molecule has 0 amide bonds. The molecule has 0 aliphatic heterocycles. The van der Waals surface area contributed by atoms with Crippen molar-refractivity contribution in [1.29, 1.82) is 0 Å². The third-order valence-corrected chi connectivity index (χ3v) is 2.65. The summed E-state index contributed by atoms with van der Waals surface area (Å²) in [5.41, 5.74) is 7.04. The number of pyridine rings is 1. The Labute approximate surface area is 101 Å². The van der Waals surface area contributed by atoms with Gasteiger partial charge in [-0.25, -0.2) is 9.37 Å². The number of nitrogens with two attached hydrogens (primary N) is 1. The lowest BCUT2D eigenvalue weighted by molar-refractivity contribution is 0.627. The highest BCUT2D eigenvalue weighted by molar-refractivity contribution is 9.10. The SMILES string of the molecule is Nc1ccc(Nc2ccc(F)cc2Br)cn1. The van der Waals surface area contributed by atoms with E-state index < -0.39 is 0 Å². The quantitative estimate of drug-likeness (QED) is 0.888. The highest BCUT2D eigenvalue weighted by Gasteiger charge is 2.01. The molecule has 16 heavy (non-hydrogen) atoms. The first-order valence-corrected chi connectivity index (χ1v) is 5.38. The number of nitrogen functional groups attached to an aromatic ring is 1. The zero-order chi connectivity index (χ0) is 11.5. The molecule has 1 heterocycles. The summed E-state index contributed by atoms with van der Waals surface area (Å²) in [6, 6.07) is 7.93. The van der Waals surface area contributed by atoms with Crippen molar-refractivity contribution in [2.24, 2.45) is 0 Å². The molecule has 0 aliphatic rings. The van der Waals surface area contributed by atoms with Gasteiger partial charge in [0.2, 0.25) is 0 Å². The zero-order valence-electron chi connectivity index (χ0n) is 8.24. The standard InChI is InChI=1S/C11H9BrFN3/c12-9-5-7(13)1-3-10(9)16-8-2-4-11(14)15-6-8/h1-6,16H,(H2,14,15). The highest BCUT2D eigenvalue weighted by Crippen LogP contribution is 2.26. The van der Waals surface area contributed by atoms with Gasteiger partial charge >= 0.3 is 0 Å². The van der Waals surface area contributed by atoms with Crippen molar-refractivity contribution in [2.45, 2.75) is 0 Å². The minimum absolute atomic E-state index is 0.284. The van der Waals surface area contributed by atoms with Crippen LogP contribution in [0.1, 0.15) is 0 Å². The predicted octanol–water partition coefficient (Wildman–Crippen LogP) is 3.31. The van der Waals surface area contributed by atoms with E-state index in [0.29, 0.717) is 10.3 Å². The van der Waals surface area contributed by atoms with Gasteiger partial charge in [0, 0.05) is 4.47 Å². The maximum atomic E-state index is 12.9. The first kappa shape index (κ1) is 10.9. The van der Waals surface area contributed by atoms with E-state index in [9.17, 15) is 4.39 Å². The van der Waals surface area contributed by atoms with Crippen molar-refractivity contribution < 1.29 is 4.39 Å². The van der Waals surface area contributed by atoms with Gasteiger partial charge in [0.15, 0.2) is 0 Å². The van der Waals surface area contributed by atoms with Gasteiger partial charge in [-0.1, -0.05) is 0 Å². The smallest absolute Gasteiger partial charge is 0.124 e. The summed E-state index contributed by atoms with van der Waals surface area (Å²) in [5.74, 6) is 0.177. The number of halogens is 2. The number of nitrogens with one attached hydrogen (secondary N) is 1. The maximum Gasteiger partial charge on any atom is 0.124 e. The number of aromatic nitrogens is 1. The Balaban J connectivity index is 2.23. The van der Waals surface area contributed by atoms with Crippen LogP contribution < -0.4 is 11.1 Å². The predicted molar refractivity (Wildman–Crippen MR) is 66.0 cm³/mol. The van der Waals surface area contributed by atoms with Gasteiger partial charge in [-0.05, 0) is 46.3 Å². The van der Waals surface area contributed by atoms with E-state index in [0.717, 1.165) is 11.4 Å². The number of hydrogen-bond donors (Lipinski definition) is 2. The van der Waals surface area contributed by atoms with Crippen molar-refractivity contribution in [3.63, 3.8) is 0 Å². The Bertz CT molecular complexity index is 499. The van der Waals surface area contributed by atoms with Gasteiger partial charge in [-0.15, -0.1) is 0 Å². The van der Waals surface area contributed by atoms with Crippen LogP contribution in [-0.4, -0.2) is 4.98 Å². The Hall–Kier alpha value is -1.62. The molecule has 2 rings (SSSR count). The number of hydrogen-bond acceptors (Lipinski definition) is 3. The van der Waals surface area contributed by atoms with Crippen LogP contribution in [-0.2, 0) is 0 Å². The van der Waals surface area contributed by atoms with Crippen LogP contribution in [0.5, 0.6) is 0 Å². The molecule has 0 bridgehead atoms. The van der Waals surface area contributed by atoms with Gasteiger partial charge in [-0.2, -0.15) is 0 Å². The van der Waals surface area contributed by atoms with Crippen LogP contribution in [0, 0.1) is 5.82 Å². The van der Waals surface area contributed by atoms with Gasteiger partial charge in [0.1, 0.15) is 11.6 Å². The van der Waals surface area contributed by atoms with Crippen LogP contribution >= 0.6 is 15.9 Å². The summed E-state index contributed by atoms with van der Waals surface area (Å²) < 4.78 is 13.5. The summed E-state index contributed by atoms with van der Waals surface area (Å²) >= 11 is 3.27. The van der Waals surface area contributed by atoms with Crippen LogP contribution in [0.3, 0.4) is 0 Å². The van der Waals surface area contributed by atoms with Crippen molar-refractivity contribution in [2.75, 3.05) is 11.1 Å². The molecular weight excluding hydrogens is 273 g/mol. The molecule has 82 valence electrons. The second-order valence-electron chi connectivity index (χ2n) is 3.22. The van der Waals surface area contributed by atoms with E-state index in [1.54, 1.807) is 24.4 Å². The molecule has 0 aliphatic carbocycles. The van der Waals surface area contributed by atoms with Crippen molar-refractivity contribution in [1.82, 2.24) is 4.98 Å². The summed E-state index contributed by atoms with van der Waals surface area (Å²) in [4.78, 5) is 3.95. The Morgan fingerprint density at radius 2 is 2.06 bits per heavy atom. The molecule has 0 saturated carbocycles. The average molecular weight is 282 g/mol. The third kappa shape index (κ3) is 2.49. The van der Waals surface area contributed by atoms with Crippen molar-refractivity contribution in [3.8, 4) is 0 Å². The van der Waals surface area contributed by atoms with Gasteiger partial charge in [-0.3, -0.25) is 0 Å². The average Bonchev–Trinajstić information content (AvgIpc) is 2.25. The molecule has 5 heteroatoms. The van der Waals surface area contributed by atoms with Crippen molar-refractivity contribution >= 4 is 33.1 Å². The lowest BCUT2D eigenvalue weighted by atomic mass is 10.3. The topological polar surface area (TPSA) is 50.9 Å². The summed E-state index contributed by atoms with van der Waals surface area (Å²) in [5, 5.41) is 3.10. The van der Waals surface area contributed by atoms with E-state index in [2.05, 4.69) is 26.2 Å². The molecule has 3 nitrogen and oxygen atoms in total. The van der Waals surface area contributed by atoms with E-state index in [-0.39, 0.29) is 5.82 Å². The lowest BCUT2D eigenvalue weighted by Gasteiger charge is -2.08. The van der Waals surface area contributed by atoms with Crippen molar-refractivity contribution in [3.05, 3.63) is 46.8 Å². The lowest BCUT2D eigenvalue weighted by Crippen LogP contribution is -1.94. The normalized spacial score (nSPS) is 10.1. The molecule has 0 fully saturated rings. The molecule has 0 radical (unpaired) electrons. The van der Waals surface area contributed by atoms with Crippen LogP contribution in [0.25, 0.3) is 0 Å². The van der Waals surface area contributed by atoms with Gasteiger partial charge in [0.05, 0.1) is 17.6 Å². The number of benzene rings is 1. The monoisotopic (exact) mass is 281 g/mol. The molecule has 1 aromatic heterocycles. The van der Waals surface area contributed by atoms with Crippen LogP contribution in [0.2, 0.25) is 0 Å². The highest BCUT2D eigenvalue weighted by atomic mass is 79.9. The molecular formula is C11H9BrFN3. The third-order valence-electron chi connectivity index (χ3n) is 2.00. The molecule has 3 N–H and O–H groups in total. The molecule has 0 saturated heterocycles. The minimum Gasteiger partial charge on any atom is -0.384 e. The molecule has 1 aromatic carbocycles. The summed E-state index contributed by atoms with van der Waals surface area (Å²) in [6.45, 7) is 0. The van der Waals surface area contributed by atoms with Gasteiger partial charge < -0.3 is 11.1 Å². The Morgan fingerprint density at radius 1 is 1.25 bits per heavy atom. The van der Waals surface area contributed by atoms with Crippen LogP contribution in [0.15, 0.2) is 41.0 Å². The van der Waals surface area contributed by atoms with E-state index in [1.165, 1.54) is 12.1 Å². The first-order valence-electron chi connectivity index (χ1n) is 4.59. The molecule has 0 atom stereocenters. The number of anilines is 3. The second kappa shape index (κ2) is 4.49. The summed E-state index contributed by atoms with van der Waals surface area (Å²) in [6.07, 6.45) is 1.62. The summed E-state index contributed by atoms with van der Waals surface area (Å²) in [7, 11) is 0. The fraction of sp³-hybridized carbons (Fsp3) is 0. The van der Waals surface area contributed by atoms with Crippen LogP contribution in [0.4, 0.5) is 21.6 Å².